The van der Waals surface area contributed by atoms with Crippen LogP contribution in [0.3, 0.4) is 0 Å². The monoisotopic (exact) mass is 358 g/mol. The summed E-state index contributed by atoms with van der Waals surface area (Å²) >= 11 is 1.67. The highest BCUT2D eigenvalue weighted by atomic mass is 32.1. The first kappa shape index (κ1) is 16.8. The number of carbonyl (C=O) groups excluding carboxylic acids is 1. The molecule has 5 nitrogen and oxygen atoms in total. The van der Waals surface area contributed by atoms with Crippen LogP contribution in [0.15, 0.2) is 6.33 Å². The van der Waals surface area contributed by atoms with Crippen molar-refractivity contribution in [2.24, 2.45) is 17.8 Å². The van der Waals surface area contributed by atoms with E-state index in [1.54, 1.807) is 17.7 Å². The number of hydrogen-bond donors (Lipinski definition) is 2. The molecule has 2 fully saturated rings. The molecule has 1 amide bonds. The topological polar surface area (TPSA) is 66.9 Å². The summed E-state index contributed by atoms with van der Waals surface area (Å²) in [6.07, 6.45) is 6.98. The summed E-state index contributed by atoms with van der Waals surface area (Å²) in [7, 11) is 0. The van der Waals surface area contributed by atoms with E-state index in [9.17, 15) is 4.79 Å². The Balaban J connectivity index is 1.37. The Labute approximate surface area is 152 Å². The normalized spacial score (nSPS) is 26.1. The second-order valence-corrected chi connectivity index (χ2v) is 8.94. The van der Waals surface area contributed by atoms with Gasteiger partial charge in [-0.1, -0.05) is 6.42 Å². The van der Waals surface area contributed by atoms with E-state index in [1.165, 1.54) is 36.1 Å². The number of hydrogen-bond acceptors (Lipinski definition) is 5. The van der Waals surface area contributed by atoms with E-state index in [1.807, 2.05) is 0 Å². The van der Waals surface area contributed by atoms with Crippen molar-refractivity contribution in [3.63, 3.8) is 0 Å². The quantitative estimate of drug-likeness (QED) is 0.856. The number of rotatable bonds is 5. The van der Waals surface area contributed by atoms with E-state index in [-0.39, 0.29) is 18.5 Å². The molecule has 2 aromatic rings. The maximum Gasteiger partial charge on any atom is 0.239 e. The molecule has 6 heteroatoms. The van der Waals surface area contributed by atoms with Gasteiger partial charge in [-0.25, -0.2) is 9.97 Å². The Morgan fingerprint density at radius 1 is 1.32 bits per heavy atom. The van der Waals surface area contributed by atoms with Crippen LogP contribution in [0.4, 0.5) is 5.82 Å². The van der Waals surface area contributed by atoms with Crippen LogP contribution in [0.2, 0.25) is 0 Å². The zero-order valence-corrected chi connectivity index (χ0v) is 15.9. The lowest BCUT2D eigenvalue weighted by atomic mass is 9.84. The van der Waals surface area contributed by atoms with Gasteiger partial charge in [-0.05, 0) is 63.4 Å². The second kappa shape index (κ2) is 6.56. The van der Waals surface area contributed by atoms with E-state index >= 15 is 0 Å². The number of carbonyl (C=O) groups is 1. The minimum absolute atomic E-state index is 0.0478. The number of aromatic nitrogens is 2. The lowest BCUT2D eigenvalue weighted by Gasteiger charge is -2.28. The number of aryl methyl sites for hydroxylation is 2. The average Bonchev–Trinajstić information content (AvgIpc) is 3.29. The fourth-order valence-electron chi connectivity index (χ4n) is 4.80. The maximum atomic E-state index is 12.4. The van der Waals surface area contributed by atoms with E-state index < -0.39 is 0 Å². The average molecular weight is 359 g/mol. The molecule has 2 saturated carbocycles. The first-order valence-corrected chi connectivity index (χ1v) is 10.1. The third-order valence-electron chi connectivity index (χ3n) is 6.21. The van der Waals surface area contributed by atoms with Gasteiger partial charge in [0.1, 0.15) is 17.0 Å². The molecule has 2 heterocycles. The fraction of sp³-hybridized carbons (Fsp3) is 0.632. The Morgan fingerprint density at radius 3 is 2.88 bits per heavy atom. The number of anilines is 1. The van der Waals surface area contributed by atoms with Gasteiger partial charge in [0.25, 0.3) is 0 Å². The van der Waals surface area contributed by atoms with E-state index in [2.05, 4.69) is 41.4 Å². The Bertz CT molecular complexity index is 802. The summed E-state index contributed by atoms with van der Waals surface area (Å²) in [5.74, 6) is 3.20. The van der Waals surface area contributed by atoms with Crippen molar-refractivity contribution in [2.75, 3.05) is 11.9 Å². The number of nitrogens with zero attached hydrogens (tertiary/aromatic N) is 2. The third-order valence-corrected chi connectivity index (χ3v) is 7.32. The van der Waals surface area contributed by atoms with Gasteiger partial charge in [-0.15, -0.1) is 11.3 Å². The van der Waals surface area contributed by atoms with Crippen molar-refractivity contribution in [3.8, 4) is 0 Å². The fourth-order valence-corrected chi connectivity index (χ4v) is 5.80. The molecule has 0 saturated heterocycles. The third kappa shape index (κ3) is 3.12. The Kier molecular flexibility index (Phi) is 4.40. The van der Waals surface area contributed by atoms with Gasteiger partial charge in [-0.3, -0.25) is 4.79 Å². The Hall–Kier alpha value is -1.69. The summed E-state index contributed by atoms with van der Waals surface area (Å²) in [6, 6.07) is 0.264. The highest BCUT2D eigenvalue weighted by molar-refractivity contribution is 7.18. The number of fused-ring (bicyclic) bond motifs is 3. The smallest absolute Gasteiger partial charge is 0.239 e. The van der Waals surface area contributed by atoms with Gasteiger partial charge >= 0.3 is 0 Å². The molecule has 25 heavy (non-hydrogen) atoms. The molecule has 2 bridgehead atoms. The SMILES string of the molecule is Cc1sc2ncnc(NCC(=O)NC(C)C3CC4CCC3C4)c2c1C. The molecular formula is C19H26N4OS. The van der Waals surface area contributed by atoms with Crippen LogP contribution in [-0.4, -0.2) is 28.5 Å². The summed E-state index contributed by atoms with van der Waals surface area (Å²) in [5, 5.41) is 7.46. The highest BCUT2D eigenvalue weighted by Crippen LogP contribution is 2.49. The van der Waals surface area contributed by atoms with Gasteiger partial charge in [0, 0.05) is 10.9 Å². The van der Waals surface area contributed by atoms with Crippen LogP contribution in [0.5, 0.6) is 0 Å². The first-order chi connectivity index (χ1) is 12.0. The van der Waals surface area contributed by atoms with Crippen LogP contribution >= 0.6 is 11.3 Å². The van der Waals surface area contributed by atoms with Crippen LogP contribution in [0.1, 0.15) is 43.0 Å². The molecular weight excluding hydrogens is 332 g/mol. The summed E-state index contributed by atoms with van der Waals surface area (Å²) in [5.41, 5.74) is 1.19. The second-order valence-electron chi connectivity index (χ2n) is 7.73. The summed E-state index contributed by atoms with van der Waals surface area (Å²) < 4.78 is 0. The molecule has 2 aromatic heterocycles. The van der Waals surface area contributed by atoms with Crippen molar-refractivity contribution < 1.29 is 4.79 Å². The van der Waals surface area contributed by atoms with Crippen molar-refractivity contribution in [1.29, 1.82) is 0 Å². The van der Waals surface area contributed by atoms with Gasteiger partial charge in [0.05, 0.1) is 11.9 Å². The van der Waals surface area contributed by atoms with Crippen molar-refractivity contribution >= 4 is 33.3 Å². The van der Waals surface area contributed by atoms with Crippen molar-refractivity contribution in [2.45, 2.75) is 52.5 Å². The standard InChI is InChI=1S/C19H26N4OS/c1-10-12(3)25-19-17(10)18(21-9-22-19)20-8-16(24)23-11(2)15-7-13-4-5-14(15)6-13/h9,11,13-15H,4-8H2,1-3H3,(H,23,24)(H,20,21,22). The summed E-state index contributed by atoms with van der Waals surface area (Å²) in [4.78, 5) is 23.3. The van der Waals surface area contributed by atoms with Crippen molar-refractivity contribution in [1.82, 2.24) is 15.3 Å². The zero-order chi connectivity index (χ0) is 17.6. The zero-order valence-electron chi connectivity index (χ0n) is 15.1. The highest BCUT2D eigenvalue weighted by Gasteiger charge is 2.42. The minimum atomic E-state index is 0.0478. The van der Waals surface area contributed by atoms with Gasteiger partial charge in [0.15, 0.2) is 0 Å². The van der Waals surface area contributed by atoms with E-state index in [0.29, 0.717) is 5.92 Å². The number of thiophene rings is 1. The molecule has 0 spiro atoms. The molecule has 4 atom stereocenters. The predicted molar refractivity (Wildman–Crippen MR) is 102 cm³/mol. The van der Waals surface area contributed by atoms with Gasteiger partial charge in [-0.2, -0.15) is 0 Å². The van der Waals surface area contributed by atoms with Crippen LogP contribution in [-0.2, 0) is 4.79 Å². The molecule has 2 aliphatic rings. The Morgan fingerprint density at radius 2 is 2.16 bits per heavy atom. The van der Waals surface area contributed by atoms with E-state index in [4.69, 9.17) is 0 Å². The molecule has 2 aliphatic carbocycles. The van der Waals surface area contributed by atoms with E-state index in [0.717, 1.165) is 27.9 Å². The number of nitrogens with one attached hydrogen (secondary N) is 2. The van der Waals surface area contributed by atoms with Crippen LogP contribution < -0.4 is 10.6 Å². The first-order valence-electron chi connectivity index (χ1n) is 9.27. The van der Waals surface area contributed by atoms with Gasteiger partial charge in [0.2, 0.25) is 5.91 Å². The molecule has 0 radical (unpaired) electrons. The lowest BCUT2D eigenvalue weighted by molar-refractivity contribution is -0.120. The minimum Gasteiger partial charge on any atom is -0.360 e. The molecule has 0 aliphatic heterocycles. The van der Waals surface area contributed by atoms with Crippen LogP contribution in [0.25, 0.3) is 10.2 Å². The summed E-state index contributed by atoms with van der Waals surface area (Å²) in [6.45, 7) is 6.60. The van der Waals surface area contributed by atoms with Gasteiger partial charge < -0.3 is 10.6 Å². The molecule has 0 aromatic carbocycles. The number of amides is 1. The molecule has 4 unspecified atom stereocenters. The predicted octanol–water partition coefficient (Wildman–Crippen LogP) is 3.66. The molecule has 134 valence electrons. The molecule has 2 N–H and O–H groups in total. The van der Waals surface area contributed by atoms with Crippen LogP contribution in [0, 0.1) is 31.6 Å². The molecule has 4 rings (SSSR count). The van der Waals surface area contributed by atoms with Crippen molar-refractivity contribution in [3.05, 3.63) is 16.8 Å². The largest absolute Gasteiger partial charge is 0.360 e. The lowest BCUT2D eigenvalue weighted by Crippen LogP contribution is -2.42. The maximum absolute atomic E-state index is 12.4.